The Labute approximate surface area is 326 Å². The Morgan fingerprint density at radius 3 is 0.867 bits per heavy atom. The van der Waals surface area contributed by atoms with Crippen LogP contribution in [0.3, 0.4) is 0 Å². The minimum absolute atomic E-state index is 0. The Morgan fingerprint density at radius 2 is 0.600 bits per heavy atom. The molecule has 0 heterocycles. The van der Waals surface area contributed by atoms with Crippen molar-refractivity contribution in [1.82, 2.24) is 0 Å². The summed E-state index contributed by atoms with van der Waals surface area (Å²) in [6, 6.07) is 49.1. The van der Waals surface area contributed by atoms with Gasteiger partial charge in [-0.05, 0) is 76.2 Å². The summed E-state index contributed by atoms with van der Waals surface area (Å²) >= 11 is 0. The van der Waals surface area contributed by atoms with Crippen LogP contribution in [-0.2, 0) is 0 Å². The number of hydrogen-bond donors (Lipinski definition) is 0. The molecule has 2 nitrogen and oxygen atoms in total. The third-order valence-corrected chi connectivity index (χ3v) is 8.79. The molecule has 0 N–H and O–H groups in total. The average molecular weight is 703 g/mol. The van der Waals surface area contributed by atoms with Gasteiger partial charge in [0.05, 0.1) is 0 Å². The first-order valence-electron chi connectivity index (χ1n) is 15.4. The van der Waals surface area contributed by atoms with Gasteiger partial charge in [0.25, 0.3) is 0 Å². The fourth-order valence-corrected chi connectivity index (χ4v) is 6.25. The smallest absolute Gasteiger partial charge is 0.317 e. The topological polar surface area (TPSA) is 6.48 Å². The number of rotatable bonds is 6. The predicted molar refractivity (Wildman–Crippen MR) is 190 cm³/mol. The second kappa shape index (κ2) is 13.3. The Balaban J connectivity index is 0.00000357. The zero-order chi connectivity index (χ0) is 30.4. The predicted octanol–water partition coefficient (Wildman–Crippen LogP) is 9.20. The minimum atomic E-state index is 0. The third-order valence-electron chi connectivity index (χ3n) is 8.79. The maximum absolute atomic E-state index is 2.36. The molecule has 0 fully saturated rings. The van der Waals surface area contributed by atoms with Crippen LogP contribution >= 0.6 is 0 Å². The Kier molecular flexibility index (Phi) is 9.40. The van der Waals surface area contributed by atoms with E-state index >= 15 is 0 Å². The molecule has 3 heteroatoms. The van der Waals surface area contributed by atoms with Gasteiger partial charge in [0.15, 0.2) is 0 Å². The van der Waals surface area contributed by atoms with Crippen molar-refractivity contribution in [2.75, 3.05) is 9.80 Å². The molecule has 0 spiro atoms. The van der Waals surface area contributed by atoms with Crippen molar-refractivity contribution in [3.05, 3.63) is 161 Å². The average Bonchev–Trinajstić information content (AvgIpc) is 3.31. The van der Waals surface area contributed by atoms with Gasteiger partial charge in [-0.3, -0.25) is 0 Å². The quantitative estimate of drug-likeness (QED) is 0.160. The molecule has 0 bridgehead atoms. The molecule has 0 unspecified atom stereocenters. The van der Waals surface area contributed by atoms with Crippen molar-refractivity contribution < 1.29 is 68.9 Å². The van der Waals surface area contributed by atoms with E-state index in [1.807, 2.05) is 0 Å². The number of anilines is 6. The van der Waals surface area contributed by atoms with E-state index in [0.29, 0.717) is 0 Å². The van der Waals surface area contributed by atoms with Crippen molar-refractivity contribution in [2.24, 2.45) is 0 Å². The number of fused-ring (bicyclic) bond motifs is 3. The minimum Gasteiger partial charge on any atom is -0.317 e. The van der Waals surface area contributed by atoms with Gasteiger partial charge in [0.1, 0.15) is 0 Å². The van der Waals surface area contributed by atoms with Crippen LogP contribution in [0.5, 0.6) is 0 Å². The summed E-state index contributed by atoms with van der Waals surface area (Å²) in [6.45, 7) is 10.8. The van der Waals surface area contributed by atoms with E-state index in [0.717, 1.165) is 34.1 Å². The normalized spacial score (nSPS) is 11.0. The van der Waals surface area contributed by atoms with E-state index in [2.05, 4.69) is 178 Å². The molecule has 0 amide bonds. The molecule has 45 heavy (non-hydrogen) atoms. The van der Waals surface area contributed by atoms with Gasteiger partial charge in [0.2, 0.25) is 0 Å². The summed E-state index contributed by atoms with van der Waals surface area (Å²) in [7, 11) is 0. The second-order valence-corrected chi connectivity index (χ2v) is 12.1. The van der Waals surface area contributed by atoms with E-state index in [-0.39, 0.29) is 68.9 Å². The standard InChI is InChI=1S/C42H37N2.Cs/c1-28-6-14-33(15-7-28)43(34-16-8-29(2)9-17-34)37-22-24-39-40-25-23-38(27-42(40)32(5)41(39)26-37)44(35-18-10-30(3)11-19-35)36-20-12-31(4)13-21-36;/h6-27H,1-5H3;/q-1;+1. The van der Waals surface area contributed by atoms with E-state index in [9.17, 15) is 0 Å². The fraction of sp³-hybridized carbons (Fsp3) is 0.119. The summed E-state index contributed by atoms with van der Waals surface area (Å²) in [4.78, 5) is 4.72. The molecule has 7 aromatic rings. The molecule has 0 radical (unpaired) electrons. The molecule has 0 saturated carbocycles. The zero-order valence-corrected chi connectivity index (χ0v) is 33.4. The maximum Gasteiger partial charge on any atom is 1.00 e. The van der Waals surface area contributed by atoms with Crippen molar-refractivity contribution in [1.29, 1.82) is 0 Å². The first kappa shape index (κ1) is 31.8. The van der Waals surface area contributed by atoms with Crippen LogP contribution in [0.25, 0.3) is 21.5 Å². The molecule has 0 saturated heterocycles. The molecule has 0 aliphatic heterocycles. The van der Waals surface area contributed by atoms with Crippen LogP contribution < -0.4 is 78.7 Å². The fourth-order valence-electron chi connectivity index (χ4n) is 6.25. The number of aryl methyl sites for hydroxylation is 5. The van der Waals surface area contributed by atoms with Crippen molar-refractivity contribution in [3.8, 4) is 0 Å². The maximum atomic E-state index is 2.36. The monoisotopic (exact) mass is 702 g/mol. The third kappa shape index (κ3) is 6.31. The van der Waals surface area contributed by atoms with E-state index in [1.165, 1.54) is 49.4 Å². The van der Waals surface area contributed by atoms with Gasteiger partial charge < -0.3 is 9.80 Å². The number of nitrogens with zero attached hydrogens (tertiary/aromatic N) is 2. The van der Waals surface area contributed by atoms with Gasteiger partial charge >= 0.3 is 68.9 Å². The summed E-state index contributed by atoms with van der Waals surface area (Å²) in [5.41, 5.74) is 13.3. The van der Waals surface area contributed by atoms with Gasteiger partial charge in [-0.25, -0.2) is 0 Å². The summed E-state index contributed by atoms with van der Waals surface area (Å²) in [5, 5.41) is 5.16. The molecule has 7 aromatic carbocycles. The van der Waals surface area contributed by atoms with Crippen molar-refractivity contribution in [3.63, 3.8) is 0 Å². The van der Waals surface area contributed by atoms with Gasteiger partial charge in [-0.15, -0.1) is 27.1 Å². The van der Waals surface area contributed by atoms with Crippen molar-refractivity contribution in [2.45, 2.75) is 34.6 Å². The van der Waals surface area contributed by atoms with Gasteiger partial charge in [-0.2, -0.15) is 0 Å². The molecule has 0 aliphatic rings. The first-order valence-corrected chi connectivity index (χ1v) is 15.4. The van der Waals surface area contributed by atoms with Crippen molar-refractivity contribution >= 4 is 55.7 Å². The molecular formula is C42H37CsN2. The molecule has 7 rings (SSSR count). The van der Waals surface area contributed by atoms with Crippen LogP contribution in [0.4, 0.5) is 34.1 Å². The second-order valence-electron chi connectivity index (χ2n) is 12.1. The first-order chi connectivity index (χ1) is 21.4. The van der Waals surface area contributed by atoms with Crippen LogP contribution in [0.15, 0.2) is 133 Å². The molecule has 0 atom stereocenters. The van der Waals surface area contributed by atoms with E-state index < -0.39 is 0 Å². The summed E-state index contributed by atoms with van der Waals surface area (Å²) in [5.74, 6) is 0. The SMILES string of the molecule is Cc1ccc(N(c2ccc(C)cc2)c2ccc3c4ccc(N(c5ccc(C)cc5)c5ccc(C)cc5)cc4[c-](C)c3c2)cc1.[Cs+]. The summed E-state index contributed by atoms with van der Waals surface area (Å²) in [6.07, 6.45) is 0. The number of benzene rings is 6. The summed E-state index contributed by atoms with van der Waals surface area (Å²) < 4.78 is 0. The van der Waals surface area contributed by atoms with Crippen LogP contribution in [0.2, 0.25) is 0 Å². The van der Waals surface area contributed by atoms with Crippen LogP contribution in [0, 0.1) is 34.6 Å². The molecule has 0 aromatic heterocycles. The Hall–Kier alpha value is -3.16. The number of hydrogen-bond acceptors (Lipinski definition) is 2. The Morgan fingerprint density at radius 1 is 0.356 bits per heavy atom. The molecular weight excluding hydrogens is 665 g/mol. The van der Waals surface area contributed by atoms with Gasteiger partial charge in [-0.1, -0.05) is 114 Å². The molecule has 0 aliphatic carbocycles. The zero-order valence-electron chi connectivity index (χ0n) is 27.1. The van der Waals surface area contributed by atoms with Gasteiger partial charge in [0, 0.05) is 34.1 Å². The van der Waals surface area contributed by atoms with Crippen LogP contribution in [-0.4, -0.2) is 0 Å². The molecule has 216 valence electrons. The van der Waals surface area contributed by atoms with E-state index in [1.54, 1.807) is 0 Å². The van der Waals surface area contributed by atoms with E-state index in [4.69, 9.17) is 0 Å². The van der Waals surface area contributed by atoms with Crippen LogP contribution in [0.1, 0.15) is 27.8 Å². The Bertz CT molecular complexity index is 1840. The largest absolute Gasteiger partial charge is 1.00 e.